The molecule has 1 aromatic rings. The molecule has 1 atom stereocenters. The molecule has 6 heteroatoms. The third-order valence-corrected chi connectivity index (χ3v) is 4.91. The minimum atomic E-state index is -3.37. The fourth-order valence-electron chi connectivity index (χ4n) is 1.88. The van der Waals surface area contributed by atoms with E-state index in [0.29, 0.717) is 12.2 Å². The van der Waals surface area contributed by atoms with Gasteiger partial charge in [-0.15, -0.1) is 0 Å². The number of anilines is 2. The summed E-state index contributed by atoms with van der Waals surface area (Å²) in [5, 5.41) is 2.57. The molecule has 0 heterocycles. The topological polar surface area (TPSA) is 61.4 Å². The van der Waals surface area contributed by atoms with Crippen LogP contribution >= 0.6 is 0 Å². The highest BCUT2D eigenvalue weighted by molar-refractivity contribution is 7.93. The summed E-state index contributed by atoms with van der Waals surface area (Å²) in [5.74, 6) is 0. The third-order valence-electron chi connectivity index (χ3n) is 3.16. The van der Waals surface area contributed by atoms with Gasteiger partial charge in [-0.25, -0.2) is 8.42 Å². The van der Waals surface area contributed by atoms with Gasteiger partial charge in [0, 0.05) is 26.3 Å². The van der Waals surface area contributed by atoms with Crippen LogP contribution in [0.5, 0.6) is 0 Å². The van der Waals surface area contributed by atoms with E-state index in [2.05, 4.69) is 10.0 Å². The van der Waals surface area contributed by atoms with Crippen LogP contribution in [0.1, 0.15) is 19.4 Å². The molecule has 0 radical (unpaired) electrons. The Morgan fingerprint density at radius 2 is 1.95 bits per heavy atom. The first-order chi connectivity index (χ1) is 9.27. The number of nitrogens with one attached hydrogen (secondary N) is 2. The van der Waals surface area contributed by atoms with Gasteiger partial charge in [-0.1, -0.05) is 13.0 Å². The largest absolute Gasteiger partial charge is 0.377 e. The van der Waals surface area contributed by atoms with Crippen molar-refractivity contribution in [1.29, 1.82) is 0 Å². The van der Waals surface area contributed by atoms with Crippen LogP contribution in [0.15, 0.2) is 18.2 Å². The number of hydrogen-bond acceptors (Lipinski definition) is 4. The number of hydrogen-bond donors (Lipinski definition) is 2. The van der Waals surface area contributed by atoms with Crippen molar-refractivity contribution in [3.8, 4) is 0 Å². The van der Waals surface area contributed by atoms with Crippen LogP contribution < -0.4 is 14.9 Å². The lowest BCUT2D eigenvalue weighted by atomic mass is 10.2. The summed E-state index contributed by atoms with van der Waals surface area (Å²) in [6, 6.07) is 5.56. The molecule has 1 unspecified atom stereocenters. The molecule has 0 aromatic heterocycles. The lowest BCUT2D eigenvalue weighted by Gasteiger charge is -2.19. The number of sulfonamides is 1. The Hall–Kier alpha value is -1.27. The van der Waals surface area contributed by atoms with Gasteiger partial charge in [-0.3, -0.25) is 4.72 Å². The van der Waals surface area contributed by atoms with E-state index in [1.54, 1.807) is 13.0 Å². The molecule has 20 heavy (non-hydrogen) atoms. The molecule has 0 bridgehead atoms. The maximum Gasteiger partial charge on any atom is 0.236 e. The van der Waals surface area contributed by atoms with Crippen molar-refractivity contribution < 1.29 is 8.42 Å². The Morgan fingerprint density at radius 3 is 2.50 bits per heavy atom. The van der Waals surface area contributed by atoms with Gasteiger partial charge in [0.25, 0.3) is 0 Å². The summed E-state index contributed by atoms with van der Waals surface area (Å²) in [6.07, 6.45) is 0. The van der Waals surface area contributed by atoms with Gasteiger partial charge in [-0.2, -0.15) is 0 Å². The van der Waals surface area contributed by atoms with E-state index >= 15 is 0 Å². The van der Waals surface area contributed by atoms with Gasteiger partial charge in [0.2, 0.25) is 10.0 Å². The van der Waals surface area contributed by atoms with Crippen molar-refractivity contribution in [2.24, 2.45) is 0 Å². The molecule has 2 N–H and O–H groups in total. The second-order valence-electron chi connectivity index (χ2n) is 5.16. The van der Waals surface area contributed by atoms with Crippen molar-refractivity contribution in [3.63, 3.8) is 0 Å². The van der Waals surface area contributed by atoms with Gasteiger partial charge in [0.05, 0.1) is 10.9 Å². The standard InChI is InChI=1S/C14H25N3O2S/c1-6-15-10-12(3)20(18,19)16-13-8-7-11(2)14(9-13)17(4)5/h7-9,12,15-16H,6,10H2,1-5H3. The summed E-state index contributed by atoms with van der Waals surface area (Å²) in [7, 11) is 0.506. The second-order valence-corrected chi connectivity index (χ2v) is 7.26. The van der Waals surface area contributed by atoms with Crippen LogP contribution in [0.2, 0.25) is 0 Å². The molecule has 0 spiro atoms. The van der Waals surface area contributed by atoms with Crippen LogP contribution in [-0.2, 0) is 10.0 Å². The lowest BCUT2D eigenvalue weighted by molar-refractivity contribution is 0.579. The van der Waals surface area contributed by atoms with Crippen LogP contribution in [0.3, 0.4) is 0 Å². The molecule has 1 rings (SSSR count). The van der Waals surface area contributed by atoms with E-state index < -0.39 is 15.3 Å². The smallest absolute Gasteiger partial charge is 0.236 e. The van der Waals surface area contributed by atoms with Crippen molar-refractivity contribution in [2.45, 2.75) is 26.0 Å². The van der Waals surface area contributed by atoms with Gasteiger partial charge in [0.15, 0.2) is 0 Å². The summed E-state index contributed by atoms with van der Waals surface area (Å²) < 4.78 is 27.1. The minimum Gasteiger partial charge on any atom is -0.377 e. The van der Waals surface area contributed by atoms with Gasteiger partial charge in [-0.05, 0) is 38.1 Å². The van der Waals surface area contributed by atoms with Crippen LogP contribution in [-0.4, -0.2) is 40.9 Å². The van der Waals surface area contributed by atoms with Crippen LogP contribution in [0, 0.1) is 6.92 Å². The quantitative estimate of drug-likeness (QED) is 0.806. The zero-order valence-electron chi connectivity index (χ0n) is 12.9. The van der Waals surface area contributed by atoms with Crippen molar-refractivity contribution in [3.05, 3.63) is 23.8 Å². The Balaban J connectivity index is 2.90. The number of benzene rings is 1. The monoisotopic (exact) mass is 299 g/mol. The average molecular weight is 299 g/mol. The van der Waals surface area contributed by atoms with Gasteiger partial charge in [0.1, 0.15) is 0 Å². The first-order valence-electron chi connectivity index (χ1n) is 6.78. The van der Waals surface area contributed by atoms with Crippen molar-refractivity contribution in [2.75, 3.05) is 36.8 Å². The minimum absolute atomic E-state index is 0.443. The van der Waals surface area contributed by atoms with Gasteiger partial charge < -0.3 is 10.2 Å². The molecule has 0 fully saturated rings. The first kappa shape index (κ1) is 16.8. The normalized spacial score (nSPS) is 13.1. The molecule has 114 valence electrons. The van der Waals surface area contributed by atoms with Crippen molar-refractivity contribution >= 4 is 21.4 Å². The predicted octanol–water partition coefficient (Wildman–Crippen LogP) is 1.80. The zero-order chi connectivity index (χ0) is 15.3. The maximum atomic E-state index is 12.2. The fourth-order valence-corrected chi connectivity index (χ4v) is 2.87. The average Bonchev–Trinajstić information content (AvgIpc) is 2.37. The Labute approximate surface area is 122 Å². The summed E-state index contributed by atoms with van der Waals surface area (Å²) in [5.41, 5.74) is 2.71. The Kier molecular flexibility index (Phi) is 5.83. The first-order valence-corrected chi connectivity index (χ1v) is 8.33. The zero-order valence-corrected chi connectivity index (χ0v) is 13.7. The van der Waals surface area contributed by atoms with E-state index in [4.69, 9.17) is 0 Å². The molecular weight excluding hydrogens is 274 g/mol. The molecule has 0 aliphatic carbocycles. The summed E-state index contributed by atoms with van der Waals surface area (Å²) in [4.78, 5) is 1.97. The van der Waals surface area contributed by atoms with E-state index in [0.717, 1.165) is 17.8 Å². The molecule has 0 aliphatic heterocycles. The predicted molar refractivity (Wildman–Crippen MR) is 86.1 cm³/mol. The highest BCUT2D eigenvalue weighted by Crippen LogP contribution is 2.23. The molecule has 0 saturated heterocycles. The molecule has 1 aromatic carbocycles. The summed E-state index contributed by atoms with van der Waals surface area (Å²) >= 11 is 0. The second kappa shape index (κ2) is 6.95. The third kappa shape index (κ3) is 4.38. The van der Waals surface area contributed by atoms with E-state index in [1.807, 2.05) is 45.0 Å². The Bertz CT molecular complexity index is 541. The maximum absolute atomic E-state index is 12.2. The molecule has 0 amide bonds. The molecule has 5 nitrogen and oxygen atoms in total. The van der Waals surface area contributed by atoms with E-state index in [-0.39, 0.29) is 0 Å². The molecule has 0 aliphatic rings. The SMILES string of the molecule is CCNCC(C)S(=O)(=O)Nc1ccc(C)c(N(C)C)c1. The Morgan fingerprint density at radius 1 is 1.30 bits per heavy atom. The van der Waals surface area contributed by atoms with E-state index in [1.165, 1.54) is 0 Å². The summed E-state index contributed by atoms with van der Waals surface area (Å²) in [6.45, 7) is 6.86. The van der Waals surface area contributed by atoms with Crippen LogP contribution in [0.25, 0.3) is 0 Å². The highest BCUT2D eigenvalue weighted by Gasteiger charge is 2.20. The lowest BCUT2D eigenvalue weighted by Crippen LogP contribution is -2.34. The number of nitrogens with zero attached hydrogens (tertiary/aromatic N) is 1. The number of rotatable bonds is 7. The molecule has 0 saturated carbocycles. The van der Waals surface area contributed by atoms with Gasteiger partial charge >= 0.3 is 0 Å². The highest BCUT2D eigenvalue weighted by atomic mass is 32.2. The molecular formula is C14H25N3O2S. The van der Waals surface area contributed by atoms with E-state index in [9.17, 15) is 8.42 Å². The fraction of sp³-hybridized carbons (Fsp3) is 0.571. The van der Waals surface area contributed by atoms with Crippen LogP contribution in [0.4, 0.5) is 11.4 Å². The van der Waals surface area contributed by atoms with Crippen molar-refractivity contribution in [1.82, 2.24) is 5.32 Å². The number of aryl methyl sites for hydroxylation is 1.